The van der Waals surface area contributed by atoms with Crippen LogP contribution in [-0.2, 0) is 19.2 Å². The Balaban J connectivity index is -0.0000000711. The fourth-order valence-electron chi connectivity index (χ4n) is 0.534. The van der Waals surface area contributed by atoms with Crippen molar-refractivity contribution < 1.29 is 150 Å². The monoisotopic (exact) mass is 348 g/mol. The third-order valence-electron chi connectivity index (χ3n) is 1.39. The molecule has 5 N–H and O–H groups in total. The van der Waals surface area contributed by atoms with Crippen LogP contribution in [0.1, 0.15) is 12.8 Å². The minimum Gasteiger partial charge on any atom is -0.550 e. The molecule has 0 saturated heterocycles. The van der Waals surface area contributed by atoms with Gasteiger partial charge in [-0.15, -0.1) is 0 Å². The number of hydrogen-bond acceptors (Lipinski definition) is 9. The van der Waals surface area contributed by atoms with Crippen molar-refractivity contribution in [2.24, 2.45) is 11.5 Å². The number of aliphatic carboxylic acids is 4. The normalized spacial score (nSPS) is 10.8. The Morgan fingerprint density at radius 1 is 0.857 bits per heavy atom. The molecule has 0 aliphatic rings. The van der Waals surface area contributed by atoms with E-state index in [1.807, 2.05) is 0 Å². The summed E-state index contributed by atoms with van der Waals surface area (Å²) < 4.78 is 0. The molecule has 21 heavy (non-hydrogen) atoms. The Hall–Kier alpha value is 1.44. The van der Waals surface area contributed by atoms with Crippen LogP contribution < -0.4 is 137 Å². The average Bonchev–Trinajstić information content (AvgIpc) is 2.16. The summed E-state index contributed by atoms with van der Waals surface area (Å²) >= 11 is 0. The van der Waals surface area contributed by atoms with Crippen molar-refractivity contribution in [3.05, 3.63) is 0 Å². The number of carbonyl (C=O) groups is 4. The molecule has 0 unspecified atom stereocenters. The van der Waals surface area contributed by atoms with E-state index in [1.54, 1.807) is 0 Å². The average molecular weight is 348 g/mol. The van der Waals surface area contributed by atoms with Crippen molar-refractivity contribution in [3.63, 3.8) is 0 Å². The van der Waals surface area contributed by atoms with Gasteiger partial charge >= 0.3 is 116 Å². The third kappa shape index (κ3) is 26.6. The van der Waals surface area contributed by atoms with Gasteiger partial charge in [0.2, 0.25) is 0 Å². The molecule has 0 aliphatic heterocycles. The summed E-state index contributed by atoms with van der Waals surface area (Å²) in [5, 5.41) is 37.0. The van der Waals surface area contributed by atoms with Crippen LogP contribution in [0.15, 0.2) is 0 Å². The van der Waals surface area contributed by atoms with Crippen LogP contribution in [0.4, 0.5) is 0 Å². The Bertz CT molecular complexity index is 312. The molecular weight excluding hydrogens is 337 g/mol. The van der Waals surface area contributed by atoms with Gasteiger partial charge in [-0.25, -0.2) is 0 Å². The van der Waals surface area contributed by atoms with Crippen LogP contribution >= 0.6 is 0 Å². The molecule has 0 aliphatic carbocycles. The second-order valence-corrected chi connectivity index (χ2v) is 3.03. The van der Waals surface area contributed by atoms with Crippen LogP contribution in [0.5, 0.6) is 0 Å². The molecule has 0 amide bonds. The summed E-state index contributed by atoms with van der Waals surface area (Å²) in [5.41, 5.74) is 9.51. The van der Waals surface area contributed by atoms with Gasteiger partial charge in [0.25, 0.3) is 0 Å². The molecule has 0 fully saturated rings. The van der Waals surface area contributed by atoms with Gasteiger partial charge in [0, 0.05) is 18.4 Å². The van der Waals surface area contributed by atoms with Gasteiger partial charge in [-0.05, 0) is 0 Å². The fourth-order valence-corrected chi connectivity index (χ4v) is 0.534. The molecule has 0 spiro atoms. The first-order valence-electron chi connectivity index (χ1n) is 4.42. The molecule has 0 aromatic heterocycles. The molecule has 0 radical (unpaired) electrons. The van der Waals surface area contributed by atoms with Gasteiger partial charge < -0.3 is 46.3 Å². The van der Waals surface area contributed by atoms with Gasteiger partial charge in [0.05, 0.1) is 24.4 Å². The first kappa shape index (κ1) is 33.9. The zero-order chi connectivity index (χ0) is 14.9. The van der Waals surface area contributed by atoms with E-state index >= 15 is 0 Å². The van der Waals surface area contributed by atoms with Crippen LogP contribution in [-0.4, -0.2) is 41.1 Å². The van der Waals surface area contributed by atoms with Crippen molar-refractivity contribution in [1.29, 1.82) is 0 Å². The minimum absolute atomic E-state index is 0. The van der Waals surface area contributed by atoms with Gasteiger partial charge in [-0.3, -0.25) is 4.79 Å². The van der Waals surface area contributed by atoms with E-state index < -0.39 is 48.8 Å². The summed E-state index contributed by atoms with van der Waals surface area (Å²) in [6.45, 7) is 0. The summed E-state index contributed by atoms with van der Waals surface area (Å²) in [5.74, 6) is -5.87. The van der Waals surface area contributed by atoms with Crippen LogP contribution in [0.2, 0.25) is 0 Å². The molecule has 0 bridgehead atoms. The predicted molar refractivity (Wildman–Crippen MR) is 47.8 cm³/mol. The van der Waals surface area contributed by atoms with Crippen LogP contribution in [0.3, 0.4) is 0 Å². The fraction of sp³-hybridized carbons (Fsp3) is 0.500. The zero-order valence-corrected chi connectivity index (χ0v) is 19.2. The predicted octanol–water partition coefficient (Wildman–Crippen LogP) is -15.2. The molecule has 13 heteroatoms. The number of nitrogens with two attached hydrogens (primary N) is 2. The van der Waals surface area contributed by atoms with Crippen LogP contribution in [0, 0.1) is 0 Å². The topological polar surface area (TPSA) is 210 Å². The second-order valence-electron chi connectivity index (χ2n) is 3.03. The number of carboxylic acid groups (broad SMARTS) is 4. The number of carbonyl (C=O) groups excluding carboxylic acids is 3. The molecular formula is C8H11KN2Na2O8. The number of rotatable bonds is 6. The van der Waals surface area contributed by atoms with E-state index in [9.17, 15) is 34.5 Å². The Kier molecular flexibility index (Phi) is 31.5. The first-order chi connectivity index (χ1) is 8.07. The quantitative estimate of drug-likeness (QED) is 0.386. The standard InChI is InChI=1S/2C4H7NO4.K.2Na/c2*5-2(4(8)9)1-3(6)7;;;/h2*2H,1,5H2,(H,6,7)(H,8,9);;;/q;;3*+1/p-3/t2*2-;;;/m00.../s1. The van der Waals surface area contributed by atoms with Crippen molar-refractivity contribution >= 4 is 23.9 Å². The maximum absolute atomic E-state index is 9.74. The van der Waals surface area contributed by atoms with E-state index in [1.165, 1.54) is 0 Å². The van der Waals surface area contributed by atoms with Crippen molar-refractivity contribution in [2.45, 2.75) is 24.9 Å². The third-order valence-corrected chi connectivity index (χ3v) is 1.39. The van der Waals surface area contributed by atoms with Gasteiger partial charge in [-0.2, -0.15) is 0 Å². The summed E-state index contributed by atoms with van der Waals surface area (Å²) in [4.78, 5) is 38.8. The summed E-state index contributed by atoms with van der Waals surface area (Å²) in [6.07, 6.45) is -1.30. The van der Waals surface area contributed by atoms with Crippen molar-refractivity contribution in [1.82, 2.24) is 0 Å². The van der Waals surface area contributed by atoms with Gasteiger partial charge in [0.15, 0.2) is 0 Å². The van der Waals surface area contributed by atoms with E-state index in [0.29, 0.717) is 0 Å². The maximum atomic E-state index is 9.74. The summed E-state index contributed by atoms with van der Waals surface area (Å²) in [7, 11) is 0. The van der Waals surface area contributed by atoms with E-state index in [4.69, 9.17) is 16.6 Å². The molecule has 0 rings (SSSR count). The van der Waals surface area contributed by atoms with E-state index in [2.05, 4.69) is 0 Å². The molecule has 0 heterocycles. The molecule has 104 valence electrons. The first-order valence-corrected chi connectivity index (χ1v) is 4.42. The number of carboxylic acids is 4. The molecule has 10 nitrogen and oxygen atoms in total. The minimum atomic E-state index is -1.58. The molecule has 2 atom stereocenters. The molecule has 0 saturated carbocycles. The molecule has 0 aromatic rings. The number of hydrogen-bond donors (Lipinski definition) is 3. The van der Waals surface area contributed by atoms with Gasteiger partial charge in [-0.1, -0.05) is 0 Å². The maximum Gasteiger partial charge on any atom is 1.00 e. The summed E-state index contributed by atoms with van der Waals surface area (Å²) in [6, 6.07) is -2.86. The van der Waals surface area contributed by atoms with Crippen LogP contribution in [0.25, 0.3) is 0 Å². The van der Waals surface area contributed by atoms with E-state index in [0.717, 1.165) is 0 Å². The van der Waals surface area contributed by atoms with E-state index in [-0.39, 0.29) is 110 Å². The zero-order valence-electron chi connectivity index (χ0n) is 12.0. The Labute approximate surface area is 207 Å². The van der Waals surface area contributed by atoms with Crippen molar-refractivity contribution in [2.75, 3.05) is 0 Å². The largest absolute Gasteiger partial charge is 1.00 e. The Morgan fingerprint density at radius 3 is 1.24 bits per heavy atom. The van der Waals surface area contributed by atoms with Gasteiger partial charge in [0.1, 0.15) is 0 Å². The second kappa shape index (κ2) is 19.5. The molecule has 0 aromatic carbocycles. The van der Waals surface area contributed by atoms with Crippen molar-refractivity contribution in [3.8, 4) is 0 Å². The smallest absolute Gasteiger partial charge is 0.550 e. The Morgan fingerprint density at radius 2 is 1.14 bits per heavy atom. The SMILES string of the molecule is N[C@@H](CC(=O)O)C(=O)[O-].N[C@@H](CC(=O)[O-])C(=O)[O-].[K+].[Na+].[Na+].